The molecule has 0 aromatic heterocycles. The Balaban J connectivity index is 2.95. The normalized spacial score (nSPS) is 9.40. The Kier molecular flexibility index (Phi) is 3.12. The lowest BCUT2D eigenvalue weighted by molar-refractivity contribution is 0.0947. The summed E-state index contributed by atoms with van der Waals surface area (Å²) in [6, 6.07) is 4.25. The fraction of sp³-hybridized carbons (Fsp3) is 0.111. The summed E-state index contributed by atoms with van der Waals surface area (Å²) in [4.78, 5) is 21.5. The molecule has 0 heterocycles. The highest BCUT2D eigenvalue weighted by atomic mass is 16.5. The van der Waals surface area contributed by atoms with Crippen molar-refractivity contribution in [3.05, 3.63) is 23.8 Å². The third-order valence-corrected chi connectivity index (χ3v) is 1.72. The molecule has 6 nitrogen and oxygen atoms in total. The van der Waals surface area contributed by atoms with Crippen molar-refractivity contribution in [2.45, 2.75) is 0 Å². The van der Waals surface area contributed by atoms with Crippen molar-refractivity contribution in [3.63, 3.8) is 0 Å². The molecule has 0 saturated heterocycles. The number of carbonyl (C=O) groups excluding carboxylic acids is 1. The number of hydrogen-bond donors (Lipinski definition) is 3. The van der Waals surface area contributed by atoms with Crippen molar-refractivity contribution in [2.24, 2.45) is 0 Å². The number of nitrogen functional groups attached to an aromatic ring is 1. The van der Waals surface area contributed by atoms with Crippen LogP contribution in [-0.4, -0.2) is 24.2 Å². The summed E-state index contributed by atoms with van der Waals surface area (Å²) in [7, 11) is 1.41. The zero-order valence-corrected chi connectivity index (χ0v) is 7.98. The van der Waals surface area contributed by atoms with E-state index >= 15 is 0 Å². The molecule has 2 amide bonds. The Labute approximate surface area is 85.6 Å². The number of nitrogens with one attached hydrogen (secondary N) is 1. The van der Waals surface area contributed by atoms with E-state index < -0.39 is 12.0 Å². The van der Waals surface area contributed by atoms with Gasteiger partial charge >= 0.3 is 6.09 Å². The highest BCUT2D eigenvalue weighted by Crippen LogP contribution is 2.21. The van der Waals surface area contributed by atoms with Crippen LogP contribution in [0.1, 0.15) is 10.4 Å². The Morgan fingerprint density at radius 3 is 2.67 bits per heavy atom. The second-order valence-electron chi connectivity index (χ2n) is 2.72. The lowest BCUT2D eigenvalue weighted by Gasteiger charge is -2.06. The molecule has 0 saturated carbocycles. The number of benzene rings is 1. The van der Waals surface area contributed by atoms with Gasteiger partial charge in [-0.25, -0.2) is 4.79 Å². The molecule has 0 atom stereocenters. The molecule has 0 spiro atoms. The van der Waals surface area contributed by atoms with Crippen LogP contribution in [0.15, 0.2) is 18.2 Å². The van der Waals surface area contributed by atoms with Gasteiger partial charge in [0.25, 0.3) is 5.91 Å². The Hall–Kier alpha value is -2.24. The number of imide groups is 1. The number of nitrogens with two attached hydrogens (primary N) is 1. The van der Waals surface area contributed by atoms with Crippen LogP contribution in [0.3, 0.4) is 0 Å². The number of amides is 2. The first-order valence-electron chi connectivity index (χ1n) is 4.02. The molecule has 15 heavy (non-hydrogen) atoms. The topological polar surface area (TPSA) is 102 Å². The van der Waals surface area contributed by atoms with E-state index in [1.807, 2.05) is 0 Å². The van der Waals surface area contributed by atoms with Crippen LogP contribution >= 0.6 is 0 Å². The first-order valence-corrected chi connectivity index (χ1v) is 4.02. The van der Waals surface area contributed by atoms with Crippen molar-refractivity contribution in [1.29, 1.82) is 0 Å². The summed E-state index contributed by atoms with van der Waals surface area (Å²) in [5, 5.41) is 10.0. The van der Waals surface area contributed by atoms with Crippen molar-refractivity contribution in [2.75, 3.05) is 12.8 Å². The molecule has 6 heteroatoms. The predicted molar refractivity (Wildman–Crippen MR) is 52.9 cm³/mol. The summed E-state index contributed by atoms with van der Waals surface area (Å²) >= 11 is 0. The Bertz CT molecular complexity index is 403. The third kappa shape index (κ3) is 2.60. The van der Waals surface area contributed by atoms with Crippen molar-refractivity contribution >= 4 is 17.7 Å². The van der Waals surface area contributed by atoms with Gasteiger partial charge in [-0.1, -0.05) is 0 Å². The lowest BCUT2D eigenvalue weighted by Crippen LogP contribution is -2.28. The monoisotopic (exact) mass is 210 g/mol. The van der Waals surface area contributed by atoms with E-state index in [4.69, 9.17) is 15.6 Å². The van der Waals surface area contributed by atoms with Gasteiger partial charge in [-0.15, -0.1) is 0 Å². The zero-order chi connectivity index (χ0) is 11.4. The van der Waals surface area contributed by atoms with Crippen LogP contribution in [0, 0.1) is 0 Å². The predicted octanol–water partition coefficient (Wildman–Crippen LogP) is 0.685. The highest BCUT2D eigenvalue weighted by molar-refractivity contribution is 6.02. The summed E-state index contributed by atoms with van der Waals surface area (Å²) in [6.45, 7) is 0. The Morgan fingerprint density at radius 2 is 2.13 bits per heavy atom. The van der Waals surface area contributed by atoms with Gasteiger partial charge < -0.3 is 15.6 Å². The number of hydrogen-bond acceptors (Lipinski definition) is 4. The van der Waals surface area contributed by atoms with Crippen LogP contribution in [0.25, 0.3) is 0 Å². The molecule has 80 valence electrons. The highest BCUT2D eigenvalue weighted by Gasteiger charge is 2.10. The fourth-order valence-electron chi connectivity index (χ4n) is 1.02. The van der Waals surface area contributed by atoms with Crippen LogP contribution < -0.4 is 15.8 Å². The number of anilines is 1. The van der Waals surface area contributed by atoms with Gasteiger partial charge in [-0.3, -0.25) is 10.1 Å². The molecule has 4 N–H and O–H groups in total. The third-order valence-electron chi connectivity index (χ3n) is 1.72. The molecule has 0 aliphatic carbocycles. The van der Waals surface area contributed by atoms with Crippen molar-refractivity contribution < 1.29 is 19.4 Å². The minimum absolute atomic E-state index is 0.170. The van der Waals surface area contributed by atoms with E-state index in [9.17, 15) is 9.59 Å². The average Bonchev–Trinajstić information content (AvgIpc) is 2.17. The maximum absolute atomic E-state index is 11.2. The van der Waals surface area contributed by atoms with Gasteiger partial charge in [0, 0.05) is 5.56 Å². The number of carboxylic acid groups (broad SMARTS) is 1. The Morgan fingerprint density at radius 1 is 1.47 bits per heavy atom. The minimum atomic E-state index is -1.41. The summed E-state index contributed by atoms with van der Waals surface area (Å²) < 4.78 is 4.89. The molecule has 0 fully saturated rings. The van der Waals surface area contributed by atoms with Gasteiger partial charge in [0.15, 0.2) is 0 Å². The first kappa shape index (κ1) is 10.8. The molecule has 0 radical (unpaired) electrons. The molecule has 1 aromatic rings. The molecule has 1 rings (SSSR count). The molecule has 0 aliphatic rings. The van der Waals surface area contributed by atoms with E-state index in [1.165, 1.54) is 25.3 Å². The van der Waals surface area contributed by atoms with Gasteiger partial charge in [-0.2, -0.15) is 0 Å². The van der Waals surface area contributed by atoms with Crippen LogP contribution in [0.5, 0.6) is 5.75 Å². The molecular weight excluding hydrogens is 200 g/mol. The molecular formula is C9H10N2O4. The second kappa shape index (κ2) is 4.32. The van der Waals surface area contributed by atoms with E-state index in [0.29, 0.717) is 11.4 Å². The number of ether oxygens (including phenoxy) is 1. The number of methoxy groups -OCH3 is 1. The molecule has 1 aromatic carbocycles. The summed E-state index contributed by atoms with van der Waals surface area (Å²) in [5.74, 6) is -0.395. The first-order chi connectivity index (χ1) is 7.04. The largest absolute Gasteiger partial charge is 0.495 e. The lowest BCUT2D eigenvalue weighted by atomic mass is 10.2. The smallest absolute Gasteiger partial charge is 0.411 e. The molecule has 0 unspecified atom stereocenters. The summed E-state index contributed by atoms with van der Waals surface area (Å²) in [6.07, 6.45) is -1.41. The second-order valence-corrected chi connectivity index (χ2v) is 2.72. The standard InChI is InChI=1S/C9H10N2O4/c1-15-7-4-5(2-3-6(7)10)8(12)11-9(13)14/h2-4H,10H2,1H3,(H,11,12)(H,13,14). The van der Waals surface area contributed by atoms with Crippen molar-refractivity contribution in [3.8, 4) is 5.75 Å². The van der Waals surface area contributed by atoms with Gasteiger partial charge in [-0.05, 0) is 18.2 Å². The van der Waals surface area contributed by atoms with Gasteiger partial charge in [0.1, 0.15) is 5.75 Å². The van der Waals surface area contributed by atoms with E-state index in [1.54, 1.807) is 5.32 Å². The van der Waals surface area contributed by atoms with Crippen LogP contribution in [-0.2, 0) is 0 Å². The SMILES string of the molecule is COc1cc(C(=O)NC(=O)O)ccc1N. The van der Waals surface area contributed by atoms with E-state index in [-0.39, 0.29) is 5.56 Å². The van der Waals surface area contributed by atoms with E-state index in [2.05, 4.69) is 0 Å². The van der Waals surface area contributed by atoms with Gasteiger partial charge in [0.2, 0.25) is 0 Å². The number of rotatable bonds is 2. The fourth-order valence-corrected chi connectivity index (χ4v) is 1.02. The maximum Gasteiger partial charge on any atom is 0.411 e. The molecule has 0 bridgehead atoms. The average molecular weight is 210 g/mol. The number of carbonyl (C=O) groups is 2. The van der Waals surface area contributed by atoms with Crippen LogP contribution in [0.4, 0.5) is 10.5 Å². The minimum Gasteiger partial charge on any atom is -0.495 e. The quantitative estimate of drug-likeness (QED) is 0.623. The van der Waals surface area contributed by atoms with E-state index in [0.717, 1.165) is 0 Å². The summed E-state index contributed by atoms with van der Waals surface area (Å²) in [5.41, 5.74) is 6.08. The van der Waals surface area contributed by atoms with Crippen LogP contribution in [0.2, 0.25) is 0 Å². The molecule has 0 aliphatic heterocycles. The zero-order valence-electron chi connectivity index (χ0n) is 7.98. The van der Waals surface area contributed by atoms with Crippen molar-refractivity contribution in [1.82, 2.24) is 5.32 Å². The maximum atomic E-state index is 11.2. The van der Waals surface area contributed by atoms with Gasteiger partial charge in [0.05, 0.1) is 12.8 Å².